The predicted molar refractivity (Wildman–Crippen MR) is 70.9 cm³/mol. The van der Waals surface area contributed by atoms with Gasteiger partial charge in [0.2, 0.25) is 5.88 Å². The van der Waals surface area contributed by atoms with E-state index in [2.05, 4.69) is 4.98 Å². The number of benzene rings is 1. The number of rotatable bonds is 3. The molecular weight excluding hydrogens is 226 g/mol. The highest BCUT2D eigenvalue weighted by atomic mass is 16.5. The highest BCUT2D eigenvalue weighted by Gasteiger charge is 2.11. The summed E-state index contributed by atoms with van der Waals surface area (Å²) in [6.45, 7) is 5.70. The molecule has 1 N–H and O–H groups in total. The van der Waals surface area contributed by atoms with Crippen LogP contribution in [-0.4, -0.2) is 10.1 Å². The van der Waals surface area contributed by atoms with E-state index in [0.29, 0.717) is 11.4 Å². The van der Waals surface area contributed by atoms with Crippen LogP contribution in [0.25, 0.3) is 0 Å². The minimum Gasteiger partial charge on any atom is -0.438 e. The fourth-order valence-corrected chi connectivity index (χ4v) is 1.73. The normalized spacial score (nSPS) is 12.2. The minimum absolute atomic E-state index is 0.459. The lowest BCUT2D eigenvalue weighted by Crippen LogP contribution is -1.99. The van der Waals surface area contributed by atoms with Crippen molar-refractivity contribution >= 4 is 0 Å². The van der Waals surface area contributed by atoms with Crippen molar-refractivity contribution in [2.45, 2.75) is 26.9 Å². The van der Waals surface area contributed by atoms with Gasteiger partial charge < -0.3 is 9.84 Å². The molecule has 0 bridgehead atoms. The maximum Gasteiger partial charge on any atom is 0.225 e. The first kappa shape index (κ1) is 12.6. The second kappa shape index (κ2) is 5.19. The lowest BCUT2D eigenvalue weighted by Gasteiger charge is -2.13. The number of aliphatic hydroxyl groups excluding tert-OH is 1. The average Bonchev–Trinajstić information content (AvgIpc) is 2.34. The van der Waals surface area contributed by atoms with Crippen LogP contribution >= 0.6 is 0 Å². The molecule has 0 saturated heterocycles. The van der Waals surface area contributed by atoms with Gasteiger partial charge in [-0.15, -0.1) is 0 Å². The van der Waals surface area contributed by atoms with Gasteiger partial charge in [-0.25, -0.2) is 4.98 Å². The molecule has 0 unspecified atom stereocenters. The van der Waals surface area contributed by atoms with E-state index >= 15 is 0 Å². The van der Waals surface area contributed by atoms with Gasteiger partial charge in [-0.05, 0) is 50.1 Å². The van der Waals surface area contributed by atoms with Gasteiger partial charge in [0.05, 0.1) is 6.10 Å². The fourth-order valence-electron chi connectivity index (χ4n) is 1.73. The molecule has 0 saturated carbocycles. The Morgan fingerprint density at radius 1 is 1.22 bits per heavy atom. The third-order valence-corrected chi connectivity index (χ3v) is 2.80. The summed E-state index contributed by atoms with van der Waals surface area (Å²) in [6.07, 6.45) is 1.06. The van der Waals surface area contributed by atoms with Crippen molar-refractivity contribution in [3.63, 3.8) is 0 Å². The second-order valence-electron chi connectivity index (χ2n) is 4.44. The molecule has 2 aromatic rings. The molecule has 0 fully saturated rings. The Hall–Kier alpha value is -1.87. The average molecular weight is 243 g/mol. The molecule has 0 spiro atoms. The lowest BCUT2D eigenvalue weighted by atomic mass is 10.1. The highest BCUT2D eigenvalue weighted by Crippen LogP contribution is 2.29. The molecule has 0 aliphatic heterocycles. The quantitative estimate of drug-likeness (QED) is 0.896. The Morgan fingerprint density at radius 2 is 2.00 bits per heavy atom. The zero-order chi connectivity index (χ0) is 13.1. The molecular formula is C15H17NO2. The standard InChI is InChI=1S/C15H17NO2/c1-10-6-7-11(2)14(9-10)18-15-13(12(3)17)5-4-8-16-15/h4-9,12,17H,1-3H3/t12-/m0/s1. The predicted octanol–water partition coefficient (Wildman–Crippen LogP) is 3.54. The molecule has 0 aliphatic rings. The molecule has 18 heavy (non-hydrogen) atoms. The first-order valence-electron chi connectivity index (χ1n) is 5.96. The molecule has 0 amide bonds. The topological polar surface area (TPSA) is 42.4 Å². The number of ether oxygens (including phenoxy) is 1. The Labute approximate surface area is 107 Å². The van der Waals surface area contributed by atoms with Crippen LogP contribution in [-0.2, 0) is 0 Å². The molecule has 1 atom stereocenters. The smallest absolute Gasteiger partial charge is 0.225 e. The summed E-state index contributed by atoms with van der Waals surface area (Å²) in [5.41, 5.74) is 2.87. The molecule has 0 aliphatic carbocycles. The Bertz CT molecular complexity index is 550. The Kier molecular flexibility index (Phi) is 3.63. The summed E-state index contributed by atoms with van der Waals surface area (Å²) >= 11 is 0. The summed E-state index contributed by atoms with van der Waals surface area (Å²) in [6, 6.07) is 9.62. The van der Waals surface area contributed by atoms with Crippen molar-refractivity contribution in [2.24, 2.45) is 0 Å². The number of aliphatic hydroxyl groups is 1. The van der Waals surface area contributed by atoms with Crippen LogP contribution in [0.2, 0.25) is 0 Å². The van der Waals surface area contributed by atoms with Gasteiger partial charge in [0, 0.05) is 11.8 Å². The monoisotopic (exact) mass is 243 g/mol. The number of aromatic nitrogens is 1. The van der Waals surface area contributed by atoms with E-state index in [9.17, 15) is 5.11 Å². The SMILES string of the molecule is Cc1ccc(C)c(Oc2ncccc2[C@H](C)O)c1. The molecule has 1 aromatic carbocycles. The second-order valence-corrected chi connectivity index (χ2v) is 4.44. The summed E-state index contributed by atoms with van der Waals surface area (Å²) in [7, 11) is 0. The van der Waals surface area contributed by atoms with Crippen molar-refractivity contribution < 1.29 is 9.84 Å². The Morgan fingerprint density at radius 3 is 2.72 bits per heavy atom. The van der Waals surface area contributed by atoms with Gasteiger partial charge in [-0.3, -0.25) is 0 Å². The molecule has 3 heteroatoms. The summed E-state index contributed by atoms with van der Waals surface area (Å²) in [5.74, 6) is 1.23. The minimum atomic E-state index is -0.598. The summed E-state index contributed by atoms with van der Waals surface area (Å²) in [4.78, 5) is 4.18. The van der Waals surface area contributed by atoms with Gasteiger partial charge >= 0.3 is 0 Å². The van der Waals surface area contributed by atoms with Crippen molar-refractivity contribution in [2.75, 3.05) is 0 Å². The van der Waals surface area contributed by atoms with Crippen LogP contribution in [0, 0.1) is 13.8 Å². The van der Waals surface area contributed by atoms with E-state index in [1.54, 1.807) is 19.2 Å². The number of aryl methyl sites for hydroxylation is 2. The van der Waals surface area contributed by atoms with Gasteiger partial charge in [0.25, 0.3) is 0 Å². The largest absolute Gasteiger partial charge is 0.438 e. The molecule has 3 nitrogen and oxygen atoms in total. The number of hydrogen-bond donors (Lipinski definition) is 1. The van der Waals surface area contributed by atoms with E-state index in [1.807, 2.05) is 38.1 Å². The summed E-state index contributed by atoms with van der Waals surface area (Å²) in [5, 5.41) is 9.69. The molecule has 1 heterocycles. The molecule has 94 valence electrons. The van der Waals surface area contributed by atoms with Gasteiger partial charge in [-0.2, -0.15) is 0 Å². The molecule has 0 radical (unpaired) electrons. The van der Waals surface area contributed by atoms with Crippen molar-refractivity contribution in [3.05, 3.63) is 53.2 Å². The van der Waals surface area contributed by atoms with Crippen LogP contribution in [0.4, 0.5) is 0 Å². The molecule has 1 aromatic heterocycles. The first-order chi connectivity index (χ1) is 8.58. The van der Waals surface area contributed by atoms with Gasteiger partial charge in [0.1, 0.15) is 5.75 Å². The van der Waals surface area contributed by atoms with Crippen LogP contribution < -0.4 is 4.74 Å². The van der Waals surface area contributed by atoms with Crippen LogP contribution in [0.3, 0.4) is 0 Å². The maximum absolute atomic E-state index is 9.69. The van der Waals surface area contributed by atoms with E-state index < -0.39 is 6.10 Å². The van der Waals surface area contributed by atoms with Crippen LogP contribution in [0.15, 0.2) is 36.5 Å². The van der Waals surface area contributed by atoms with E-state index in [-0.39, 0.29) is 0 Å². The van der Waals surface area contributed by atoms with Crippen molar-refractivity contribution in [3.8, 4) is 11.6 Å². The van der Waals surface area contributed by atoms with Gasteiger partial charge in [0.15, 0.2) is 0 Å². The van der Waals surface area contributed by atoms with Gasteiger partial charge in [-0.1, -0.05) is 12.1 Å². The maximum atomic E-state index is 9.69. The van der Waals surface area contributed by atoms with Crippen molar-refractivity contribution in [1.29, 1.82) is 0 Å². The molecule has 2 rings (SSSR count). The van der Waals surface area contributed by atoms with Crippen LogP contribution in [0.1, 0.15) is 29.7 Å². The fraction of sp³-hybridized carbons (Fsp3) is 0.267. The lowest BCUT2D eigenvalue weighted by molar-refractivity contribution is 0.194. The number of nitrogens with zero attached hydrogens (tertiary/aromatic N) is 1. The van der Waals surface area contributed by atoms with Crippen LogP contribution in [0.5, 0.6) is 11.6 Å². The summed E-state index contributed by atoms with van der Waals surface area (Å²) < 4.78 is 5.81. The zero-order valence-corrected chi connectivity index (χ0v) is 10.8. The van der Waals surface area contributed by atoms with E-state index in [4.69, 9.17) is 4.74 Å². The van der Waals surface area contributed by atoms with Crippen molar-refractivity contribution in [1.82, 2.24) is 4.98 Å². The Balaban J connectivity index is 2.37. The third-order valence-electron chi connectivity index (χ3n) is 2.80. The van der Waals surface area contributed by atoms with E-state index in [0.717, 1.165) is 16.9 Å². The zero-order valence-electron chi connectivity index (χ0n) is 10.8. The first-order valence-corrected chi connectivity index (χ1v) is 5.96. The highest BCUT2D eigenvalue weighted by molar-refractivity contribution is 5.40. The third kappa shape index (κ3) is 2.68. The number of hydrogen-bond acceptors (Lipinski definition) is 3. The number of pyridine rings is 1. The van der Waals surface area contributed by atoms with E-state index in [1.165, 1.54) is 0 Å².